The molecule has 3 N–H and O–H groups in total. The maximum atomic E-state index is 11.7. The SMILES string of the molecule is CCN(CC)c1ccc(/C=N/NC(=O)Cc2n[nH]c(=O)[nH]c2=O)cc1. The van der Waals surface area contributed by atoms with Crippen molar-refractivity contribution in [2.24, 2.45) is 5.10 Å². The van der Waals surface area contributed by atoms with E-state index in [9.17, 15) is 14.4 Å². The summed E-state index contributed by atoms with van der Waals surface area (Å²) in [5.41, 5.74) is 2.76. The first-order valence-corrected chi connectivity index (χ1v) is 7.88. The number of hydrogen-bond acceptors (Lipinski definition) is 6. The molecule has 0 aliphatic rings. The average molecular weight is 344 g/mol. The van der Waals surface area contributed by atoms with Crippen molar-refractivity contribution in [2.75, 3.05) is 18.0 Å². The number of H-pyrrole nitrogens is 2. The van der Waals surface area contributed by atoms with E-state index in [4.69, 9.17) is 0 Å². The van der Waals surface area contributed by atoms with Crippen LogP contribution in [-0.4, -0.2) is 40.4 Å². The number of nitrogens with one attached hydrogen (secondary N) is 3. The molecule has 132 valence electrons. The molecule has 9 nitrogen and oxygen atoms in total. The second-order valence-corrected chi connectivity index (χ2v) is 5.19. The van der Waals surface area contributed by atoms with Crippen LogP contribution >= 0.6 is 0 Å². The lowest BCUT2D eigenvalue weighted by molar-refractivity contribution is -0.120. The molecule has 0 aliphatic heterocycles. The van der Waals surface area contributed by atoms with Crippen LogP contribution in [0, 0.1) is 0 Å². The van der Waals surface area contributed by atoms with Gasteiger partial charge in [-0.15, -0.1) is 0 Å². The number of carbonyl (C=O) groups is 1. The third kappa shape index (κ3) is 5.13. The smallest absolute Gasteiger partial charge is 0.342 e. The summed E-state index contributed by atoms with van der Waals surface area (Å²) in [5.74, 6) is -0.513. The van der Waals surface area contributed by atoms with E-state index in [0.29, 0.717) is 0 Å². The monoisotopic (exact) mass is 344 g/mol. The van der Waals surface area contributed by atoms with Gasteiger partial charge in [0.05, 0.1) is 12.6 Å². The Balaban J connectivity index is 1.92. The number of aromatic nitrogens is 3. The fourth-order valence-corrected chi connectivity index (χ4v) is 2.22. The Kier molecular flexibility index (Phi) is 6.21. The Hall–Kier alpha value is -3.23. The quantitative estimate of drug-likeness (QED) is 0.482. The summed E-state index contributed by atoms with van der Waals surface area (Å²) < 4.78 is 0. The molecule has 0 aliphatic carbocycles. The molecule has 0 unspecified atom stereocenters. The van der Waals surface area contributed by atoms with Crippen molar-refractivity contribution in [1.82, 2.24) is 20.6 Å². The maximum absolute atomic E-state index is 11.7. The Morgan fingerprint density at radius 3 is 2.52 bits per heavy atom. The summed E-state index contributed by atoms with van der Waals surface area (Å²) in [7, 11) is 0. The first-order valence-electron chi connectivity index (χ1n) is 7.88. The molecular formula is C16H20N6O3. The zero-order valence-electron chi connectivity index (χ0n) is 14.1. The molecule has 0 atom stereocenters. The van der Waals surface area contributed by atoms with Gasteiger partial charge in [0.15, 0.2) is 0 Å². The lowest BCUT2D eigenvalue weighted by Gasteiger charge is -2.20. The van der Waals surface area contributed by atoms with E-state index < -0.39 is 17.2 Å². The van der Waals surface area contributed by atoms with Crippen LogP contribution in [0.2, 0.25) is 0 Å². The van der Waals surface area contributed by atoms with E-state index in [1.807, 2.05) is 29.2 Å². The molecular weight excluding hydrogens is 324 g/mol. The van der Waals surface area contributed by atoms with Crippen LogP contribution in [-0.2, 0) is 11.2 Å². The highest BCUT2D eigenvalue weighted by Gasteiger charge is 2.08. The summed E-state index contributed by atoms with van der Waals surface area (Å²) in [4.78, 5) is 38.3. The molecule has 9 heteroatoms. The van der Waals surface area contributed by atoms with Gasteiger partial charge in [-0.05, 0) is 31.5 Å². The van der Waals surface area contributed by atoms with Gasteiger partial charge in [0, 0.05) is 18.8 Å². The topological polar surface area (TPSA) is 123 Å². The largest absolute Gasteiger partial charge is 0.372 e. The van der Waals surface area contributed by atoms with Crippen LogP contribution in [0.4, 0.5) is 5.69 Å². The normalized spacial score (nSPS) is 10.8. The van der Waals surface area contributed by atoms with Crippen molar-refractivity contribution in [1.29, 1.82) is 0 Å². The Morgan fingerprint density at radius 2 is 1.92 bits per heavy atom. The first-order chi connectivity index (χ1) is 12.0. The predicted octanol–water partition coefficient (Wildman–Crippen LogP) is -0.00280. The molecule has 1 amide bonds. The second kappa shape index (κ2) is 8.57. The van der Waals surface area contributed by atoms with E-state index in [2.05, 4.69) is 39.5 Å². The van der Waals surface area contributed by atoms with Gasteiger partial charge in [-0.2, -0.15) is 10.2 Å². The van der Waals surface area contributed by atoms with E-state index >= 15 is 0 Å². The van der Waals surface area contributed by atoms with Gasteiger partial charge in [0.2, 0.25) is 5.91 Å². The number of hydrogen-bond donors (Lipinski definition) is 3. The van der Waals surface area contributed by atoms with Gasteiger partial charge >= 0.3 is 5.69 Å². The molecule has 0 spiro atoms. The van der Waals surface area contributed by atoms with Crippen molar-refractivity contribution >= 4 is 17.8 Å². The fourth-order valence-electron chi connectivity index (χ4n) is 2.22. The van der Waals surface area contributed by atoms with Crippen molar-refractivity contribution in [3.8, 4) is 0 Å². The summed E-state index contributed by atoms with van der Waals surface area (Å²) in [6, 6.07) is 7.77. The lowest BCUT2D eigenvalue weighted by atomic mass is 10.2. The summed E-state index contributed by atoms with van der Waals surface area (Å²) in [6.45, 7) is 6.04. The minimum atomic E-state index is -0.722. The highest BCUT2D eigenvalue weighted by atomic mass is 16.2. The van der Waals surface area contributed by atoms with Crippen molar-refractivity contribution in [2.45, 2.75) is 20.3 Å². The highest BCUT2D eigenvalue weighted by molar-refractivity contribution is 5.83. The van der Waals surface area contributed by atoms with Gasteiger partial charge < -0.3 is 4.90 Å². The van der Waals surface area contributed by atoms with Gasteiger partial charge in [0.1, 0.15) is 5.69 Å². The van der Waals surface area contributed by atoms with Crippen LogP contribution in [0.3, 0.4) is 0 Å². The third-order valence-corrected chi connectivity index (χ3v) is 3.53. The van der Waals surface area contributed by atoms with Crippen molar-refractivity contribution < 1.29 is 4.79 Å². The number of aromatic amines is 2. The number of anilines is 1. The van der Waals surface area contributed by atoms with Crippen LogP contribution in [0.15, 0.2) is 39.0 Å². The molecule has 2 rings (SSSR count). The Labute approximate surface area is 143 Å². The number of hydrazone groups is 1. The number of carbonyl (C=O) groups excluding carboxylic acids is 1. The van der Waals surface area contributed by atoms with E-state index in [-0.39, 0.29) is 12.1 Å². The van der Waals surface area contributed by atoms with E-state index in [0.717, 1.165) is 24.3 Å². The van der Waals surface area contributed by atoms with E-state index in [1.54, 1.807) is 0 Å². The van der Waals surface area contributed by atoms with Crippen molar-refractivity contribution in [3.63, 3.8) is 0 Å². The molecule has 0 saturated heterocycles. The molecule has 1 aromatic heterocycles. The second-order valence-electron chi connectivity index (χ2n) is 5.19. The molecule has 0 fully saturated rings. The summed E-state index contributed by atoms with van der Waals surface area (Å²) in [6.07, 6.45) is 1.22. The van der Waals surface area contributed by atoms with Gasteiger partial charge in [-0.3, -0.25) is 14.6 Å². The van der Waals surface area contributed by atoms with E-state index in [1.165, 1.54) is 6.21 Å². The number of amides is 1. The van der Waals surface area contributed by atoms with Crippen LogP contribution in [0.25, 0.3) is 0 Å². The standard InChI is InChI=1S/C16H20N6O3/c1-3-22(4-2)12-7-5-11(6-8-12)10-17-20-14(23)9-13-15(24)18-16(25)21-19-13/h5-8,10H,3-4,9H2,1-2H3,(H,20,23)(H2,18,21,24,25)/b17-10+. The zero-order chi connectivity index (χ0) is 18.2. The molecule has 25 heavy (non-hydrogen) atoms. The van der Waals surface area contributed by atoms with Crippen LogP contribution in [0.5, 0.6) is 0 Å². The molecule has 1 heterocycles. The molecule has 0 bridgehead atoms. The minimum absolute atomic E-state index is 0.0872. The predicted molar refractivity (Wildman–Crippen MR) is 94.9 cm³/mol. The molecule has 0 radical (unpaired) electrons. The molecule has 0 saturated carbocycles. The van der Waals surface area contributed by atoms with Crippen LogP contribution in [0.1, 0.15) is 25.1 Å². The number of nitrogens with zero attached hydrogens (tertiary/aromatic N) is 3. The number of rotatable bonds is 7. The van der Waals surface area contributed by atoms with Crippen molar-refractivity contribution in [3.05, 3.63) is 56.4 Å². The Bertz CT molecular complexity index is 849. The minimum Gasteiger partial charge on any atom is -0.372 e. The van der Waals surface area contributed by atoms with Gasteiger partial charge in [-0.1, -0.05) is 12.1 Å². The fraction of sp³-hybridized carbons (Fsp3) is 0.312. The summed E-state index contributed by atoms with van der Waals surface area (Å²) in [5, 5.41) is 9.45. The molecule has 2 aromatic rings. The van der Waals surface area contributed by atoms with Gasteiger partial charge in [0.25, 0.3) is 5.56 Å². The van der Waals surface area contributed by atoms with Gasteiger partial charge in [-0.25, -0.2) is 15.3 Å². The molecule has 1 aromatic carbocycles. The lowest BCUT2D eigenvalue weighted by Crippen LogP contribution is -2.31. The third-order valence-electron chi connectivity index (χ3n) is 3.53. The first kappa shape index (κ1) is 18.1. The zero-order valence-corrected chi connectivity index (χ0v) is 14.1. The maximum Gasteiger partial charge on any atom is 0.342 e. The average Bonchev–Trinajstić information content (AvgIpc) is 2.60. The number of benzene rings is 1. The van der Waals surface area contributed by atoms with Crippen LogP contribution < -0.4 is 21.6 Å². The highest BCUT2D eigenvalue weighted by Crippen LogP contribution is 2.13. The Morgan fingerprint density at radius 1 is 1.24 bits per heavy atom. The summed E-state index contributed by atoms with van der Waals surface area (Å²) >= 11 is 0.